The molecule has 1 rings (SSSR count). The maximum Gasteiger partial charge on any atom is 0.320 e. The molecule has 0 aliphatic carbocycles. The van der Waals surface area contributed by atoms with E-state index in [1.807, 2.05) is 0 Å². The van der Waals surface area contributed by atoms with Gasteiger partial charge in [0.15, 0.2) is 0 Å². The molecule has 9 nitrogen and oxygen atoms in total. The van der Waals surface area contributed by atoms with Gasteiger partial charge in [-0.3, -0.25) is 4.79 Å². The van der Waals surface area contributed by atoms with E-state index in [4.69, 9.17) is 13.5 Å². The molecule has 0 aliphatic heterocycles. The number of phenolic OH excluding ortho intramolecular Hbond substituents is 1. The van der Waals surface area contributed by atoms with Crippen LogP contribution in [0.25, 0.3) is 0 Å². The minimum Gasteiger partial charge on any atom is -0.465 e. The molecule has 23 heavy (non-hydrogen) atoms. The van der Waals surface area contributed by atoms with E-state index in [1.165, 1.54) is 6.92 Å². The summed E-state index contributed by atoms with van der Waals surface area (Å²) in [6.07, 6.45) is -0.145. The Morgan fingerprint density at radius 1 is 1.39 bits per heavy atom. The number of ether oxygens (including phenoxy) is 1. The molecule has 1 aromatic carbocycles. The van der Waals surface area contributed by atoms with E-state index in [0.29, 0.717) is 6.61 Å². The number of carbonyl (C=O) groups excluding carboxylic acids is 2. The Morgan fingerprint density at radius 3 is 2.43 bits per heavy atom. The van der Waals surface area contributed by atoms with Crippen LogP contribution in [-0.2, 0) is 18.1 Å². The Balaban J connectivity index is 0.000000515. The monoisotopic (exact) mass is 388 g/mol. The van der Waals surface area contributed by atoms with Gasteiger partial charge in [0.05, 0.1) is 12.7 Å². The van der Waals surface area contributed by atoms with Gasteiger partial charge in [-0.2, -0.15) is 5.26 Å². The Morgan fingerprint density at radius 2 is 2.00 bits per heavy atom. The number of nitrogens with one attached hydrogen (secondary N) is 1. The summed E-state index contributed by atoms with van der Waals surface area (Å²) in [5.41, 5.74) is -0.00951. The number of carbonyl (C=O) groups is 2. The fourth-order valence-corrected chi connectivity index (χ4v) is 2.46. The zero-order valence-electron chi connectivity index (χ0n) is 12.5. The second kappa shape index (κ2) is 9.69. The number of hydrogen-bond donors (Lipinski definition) is 4. The summed E-state index contributed by atoms with van der Waals surface area (Å²) in [4.78, 5) is 20.9. The number of hydrogen-bond acceptors (Lipinski definition) is 6. The van der Waals surface area contributed by atoms with E-state index in [1.54, 1.807) is 13.0 Å². The average Bonchev–Trinajstić information content (AvgIpc) is 2.41. The summed E-state index contributed by atoms with van der Waals surface area (Å²) < 4.78 is 33.0. The van der Waals surface area contributed by atoms with Crippen molar-refractivity contribution >= 4 is 36.1 Å². The first-order chi connectivity index (χ1) is 10.6. The number of esters is 1. The van der Waals surface area contributed by atoms with Crippen molar-refractivity contribution in [3.63, 3.8) is 0 Å². The first-order valence-corrected chi connectivity index (χ1v) is 9.69. The first kappa shape index (κ1) is 20.7. The molecule has 0 aliphatic rings. The number of amides is 1. The second-order valence-corrected chi connectivity index (χ2v) is 7.43. The van der Waals surface area contributed by atoms with Crippen molar-refractivity contribution in [1.82, 2.24) is 0 Å². The van der Waals surface area contributed by atoms with Gasteiger partial charge in [0.2, 0.25) is 0 Å². The summed E-state index contributed by atoms with van der Waals surface area (Å²) >= 11 is -4.98. The first-order valence-electron chi connectivity index (χ1n) is 6.31. The fourth-order valence-electron chi connectivity index (χ4n) is 1.27. The molecule has 0 radical (unpaired) electrons. The Hall–Kier alpha value is -2.27. The predicted octanol–water partition coefficient (Wildman–Crippen LogP) is -0.625. The predicted molar refractivity (Wildman–Crippen MR) is 79.8 cm³/mol. The van der Waals surface area contributed by atoms with Crippen molar-refractivity contribution in [3.05, 3.63) is 18.2 Å². The van der Waals surface area contributed by atoms with Gasteiger partial charge >= 0.3 is 94.1 Å². The molecule has 1 aromatic rings. The van der Waals surface area contributed by atoms with Crippen LogP contribution < -0.4 is 9.67 Å². The SMILES string of the molecule is CC(=O)Nc1cc([As](=O)(O)O)ccc1O.CCOC(=O)CC#N. The van der Waals surface area contributed by atoms with Crippen LogP contribution >= 0.6 is 0 Å². The average molecular weight is 388 g/mol. The maximum atomic E-state index is 10.9. The molecule has 4 N–H and O–H groups in total. The summed E-state index contributed by atoms with van der Waals surface area (Å²) in [7, 11) is 0. The number of rotatable bonds is 4. The van der Waals surface area contributed by atoms with Gasteiger partial charge in [-0.25, -0.2) is 0 Å². The molecule has 0 atom stereocenters. The van der Waals surface area contributed by atoms with E-state index in [9.17, 15) is 18.4 Å². The number of nitriles is 1. The largest absolute Gasteiger partial charge is 0.465 e. The van der Waals surface area contributed by atoms with Crippen LogP contribution in [-0.4, -0.2) is 46.0 Å². The van der Waals surface area contributed by atoms with Crippen LogP contribution in [0.4, 0.5) is 5.69 Å². The van der Waals surface area contributed by atoms with Crippen molar-refractivity contribution in [2.24, 2.45) is 0 Å². The van der Waals surface area contributed by atoms with Crippen molar-refractivity contribution in [2.45, 2.75) is 20.3 Å². The molecule has 126 valence electrons. The van der Waals surface area contributed by atoms with Gasteiger partial charge in [0, 0.05) is 0 Å². The molecule has 0 fully saturated rings. The van der Waals surface area contributed by atoms with Crippen molar-refractivity contribution in [1.29, 1.82) is 5.26 Å². The molecule has 0 saturated heterocycles. The zero-order valence-corrected chi connectivity index (χ0v) is 14.4. The number of anilines is 1. The summed E-state index contributed by atoms with van der Waals surface area (Å²) in [6.45, 7) is 3.28. The molecule has 0 spiro atoms. The molecule has 10 heteroatoms. The Labute approximate surface area is 135 Å². The van der Waals surface area contributed by atoms with Gasteiger partial charge in [-0.05, 0) is 6.92 Å². The standard InChI is InChI=1S/C8H10AsNO5.C5H7NO2/c1-5(11)10-7-4-6(9(13,14)15)2-3-8(7)12;1-2-8-5(7)3-4-6/h2-4,12H,1H3,(H,10,11)(H2,13,14,15);2-3H2,1H3. The zero-order chi connectivity index (χ0) is 18.0. The van der Waals surface area contributed by atoms with E-state index in [0.717, 1.165) is 18.2 Å². The van der Waals surface area contributed by atoms with E-state index in [2.05, 4.69) is 10.1 Å². The fraction of sp³-hybridized carbons (Fsp3) is 0.308. The molecule has 0 aromatic heterocycles. The number of aromatic hydroxyl groups is 1. The number of nitrogens with zero attached hydrogens (tertiary/aromatic N) is 1. The molecule has 0 unspecified atom stereocenters. The normalized spacial score (nSPS) is 9.87. The van der Waals surface area contributed by atoms with Crippen molar-refractivity contribution < 1.29 is 31.4 Å². The molecule has 0 heterocycles. The molecular formula is C13H17AsN2O7. The Kier molecular flexibility index (Phi) is 8.73. The van der Waals surface area contributed by atoms with E-state index >= 15 is 0 Å². The maximum absolute atomic E-state index is 10.9. The molecule has 0 bridgehead atoms. The van der Waals surface area contributed by atoms with Crippen LogP contribution in [0.1, 0.15) is 20.3 Å². The molecular weight excluding hydrogens is 371 g/mol. The molecule has 1 amide bonds. The molecule has 0 saturated carbocycles. The third kappa shape index (κ3) is 8.68. The van der Waals surface area contributed by atoms with Crippen molar-refractivity contribution in [2.75, 3.05) is 11.9 Å². The smallest absolute Gasteiger partial charge is 0.320 e. The second-order valence-electron chi connectivity index (χ2n) is 4.07. The summed E-state index contributed by atoms with van der Waals surface area (Å²) in [6, 6.07) is 5.00. The van der Waals surface area contributed by atoms with Crippen LogP contribution in [0.3, 0.4) is 0 Å². The van der Waals surface area contributed by atoms with Gasteiger partial charge in [0.1, 0.15) is 6.42 Å². The minimum absolute atomic E-state index is 0.00951. The van der Waals surface area contributed by atoms with E-state index in [-0.39, 0.29) is 22.2 Å². The Bertz CT molecular complexity index is 648. The van der Waals surface area contributed by atoms with E-state index < -0.39 is 26.0 Å². The van der Waals surface area contributed by atoms with Gasteiger partial charge < -0.3 is 4.74 Å². The summed E-state index contributed by atoms with van der Waals surface area (Å²) in [5.74, 6) is -1.12. The van der Waals surface area contributed by atoms with Crippen LogP contribution in [0.2, 0.25) is 0 Å². The van der Waals surface area contributed by atoms with Gasteiger partial charge in [-0.15, -0.1) is 0 Å². The topological polar surface area (TPSA) is 157 Å². The summed E-state index contributed by atoms with van der Waals surface area (Å²) in [5, 5.41) is 19.5. The quantitative estimate of drug-likeness (QED) is 0.302. The minimum atomic E-state index is -4.98. The number of phenols is 1. The van der Waals surface area contributed by atoms with Crippen molar-refractivity contribution in [3.8, 4) is 11.8 Å². The van der Waals surface area contributed by atoms with Crippen LogP contribution in [0.5, 0.6) is 5.75 Å². The third-order valence-electron chi connectivity index (χ3n) is 2.16. The number of benzene rings is 1. The van der Waals surface area contributed by atoms with Gasteiger partial charge in [-0.1, -0.05) is 0 Å². The third-order valence-corrected chi connectivity index (χ3v) is 4.15. The van der Waals surface area contributed by atoms with Crippen LogP contribution in [0, 0.1) is 11.3 Å². The van der Waals surface area contributed by atoms with Gasteiger partial charge in [0.25, 0.3) is 0 Å². The van der Waals surface area contributed by atoms with Crippen LogP contribution in [0.15, 0.2) is 18.2 Å².